The van der Waals surface area contributed by atoms with Crippen molar-refractivity contribution < 1.29 is 9.84 Å². The van der Waals surface area contributed by atoms with Crippen molar-refractivity contribution in [2.24, 2.45) is 0 Å². The lowest BCUT2D eigenvalue weighted by Gasteiger charge is -2.37. The first-order valence-corrected chi connectivity index (χ1v) is 8.59. The summed E-state index contributed by atoms with van der Waals surface area (Å²) in [5.41, 5.74) is -0.635. The number of aliphatic hydroxyl groups is 1. The molecule has 1 saturated heterocycles. The largest absolute Gasteiger partial charge is 0.387 e. The summed E-state index contributed by atoms with van der Waals surface area (Å²) in [6.07, 6.45) is 16.0. The van der Waals surface area contributed by atoms with E-state index in [1.807, 2.05) is 0 Å². The van der Waals surface area contributed by atoms with E-state index >= 15 is 0 Å². The second kappa shape index (κ2) is 7.08. The van der Waals surface area contributed by atoms with Crippen LogP contribution in [0.3, 0.4) is 0 Å². The first kappa shape index (κ1) is 15.3. The van der Waals surface area contributed by atoms with Crippen molar-refractivity contribution in [2.45, 2.75) is 102 Å². The maximum Gasteiger partial charge on any atom is 0.120 e. The Balaban J connectivity index is 1.62. The predicted molar refractivity (Wildman–Crippen MR) is 79.3 cm³/mol. The highest BCUT2D eigenvalue weighted by Crippen LogP contribution is 2.49. The van der Waals surface area contributed by atoms with Crippen LogP contribution in [-0.2, 0) is 4.74 Å². The fourth-order valence-electron chi connectivity index (χ4n) is 3.69. The van der Waals surface area contributed by atoms with Crippen LogP contribution in [0.2, 0.25) is 0 Å². The molecule has 0 aromatic carbocycles. The van der Waals surface area contributed by atoms with Crippen molar-refractivity contribution in [3.05, 3.63) is 0 Å². The van der Waals surface area contributed by atoms with Crippen LogP contribution >= 0.6 is 0 Å². The minimum Gasteiger partial charge on any atom is -0.387 e. The molecule has 2 heteroatoms. The molecular weight excluding hydrogens is 236 g/mol. The van der Waals surface area contributed by atoms with Gasteiger partial charge in [0.05, 0.1) is 12.2 Å². The van der Waals surface area contributed by atoms with Crippen molar-refractivity contribution in [2.75, 3.05) is 6.61 Å². The maximum atomic E-state index is 10.8. The second-order valence-corrected chi connectivity index (χ2v) is 6.75. The molecule has 2 rings (SSSR count). The van der Waals surface area contributed by atoms with Crippen LogP contribution in [0.1, 0.15) is 90.4 Å². The van der Waals surface area contributed by atoms with Crippen molar-refractivity contribution >= 4 is 0 Å². The Morgan fingerprint density at radius 1 is 0.895 bits per heavy atom. The third-order valence-corrected chi connectivity index (χ3v) is 5.21. The Kier molecular flexibility index (Phi) is 5.70. The number of hydrogen-bond acceptors (Lipinski definition) is 2. The first-order valence-electron chi connectivity index (χ1n) is 8.59. The number of epoxide rings is 1. The summed E-state index contributed by atoms with van der Waals surface area (Å²) in [5.74, 6) is 0. The predicted octanol–water partition coefficient (Wildman–Crippen LogP) is 4.59. The molecule has 0 radical (unpaired) electrons. The van der Waals surface area contributed by atoms with Gasteiger partial charge in [-0.25, -0.2) is 0 Å². The van der Waals surface area contributed by atoms with Crippen LogP contribution in [0.15, 0.2) is 0 Å². The quantitative estimate of drug-likeness (QED) is 0.490. The van der Waals surface area contributed by atoms with Crippen LogP contribution in [0.25, 0.3) is 0 Å². The summed E-state index contributed by atoms with van der Waals surface area (Å²) in [7, 11) is 0. The summed E-state index contributed by atoms with van der Waals surface area (Å²) < 4.78 is 5.73. The van der Waals surface area contributed by atoms with Gasteiger partial charge in [-0.05, 0) is 19.3 Å². The van der Waals surface area contributed by atoms with Gasteiger partial charge in [0.25, 0.3) is 0 Å². The first-order chi connectivity index (χ1) is 9.22. The zero-order chi connectivity index (χ0) is 13.6. The van der Waals surface area contributed by atoms with Crippen molar-refractivity contribution in [1.29, 1.82) is 0 Å². The third kappa shape index (κ3) is 3.95. The molecule has 1 atom stereocenters. The van der Waals surface area contributed by atoms with Gasteiger partial charge in [-0.2, -0.15) is 0 Å². The molecule has 1 aliphatic heterocycles. The SMILES string of the molecule is CCCCCCCCCC1(C2(O)CCCCC2)CO1. The van der Waals surface area contributed by atoms with E-state index in [9.17, 15) is 5.11 Å². The van der Waals surface area contributed by atoms with Gasteiger partial charge in [-0.15, -0.1) is 0 Å². The average Bonchev–Trinajstić information content (AvgIpc) is 3.20. The standard InChI is InChI=1S/C17H32O2/c1-2-3-4-5-6-7-11-14-17(15-19-17)16(18)12-9-8-10-13-16/h18H,2-15H2,1H3. The van der Waals surface area contributed by atoms with E-state index in [2.05, 4.69) is 6.92 Å². The lowest BCUT2D eigenvalue weighted by Crippen LogP contribution is -2.47. The lowest BCUT2D eigenvalue weighted by atomic mass is 9.73. The molecule has 0 bridgehead atoms. The molecule has 0 aromatic heterocycles. The average molecular weight is 268 g/mol. The molecule has 112 valence electrons. The topological polar surface area (TPSA) is 32.8 Å². The molecule has 1 heterocycles. The van der Waals surface area contributed by atoms with E-state index < -0.39 is 5.60 Å². The molecule has 19 heavy (non-hydrogen) atoms. The van der Waals surface area contributed by atoms with Gasteiger partial charge in [-0.1, -0.05) is 71.1 Å². The van der Waals surface area contributed by atoms with E-state index in [0.717, 1.165) is 25.9 Å². The summed E-state index contributed by atoms with van der Waals surface area (Å²) in [6, 6.07) is 0. The normalized spacial score (nSPS) is 29.4. The Hall–Kier alpha value is -0.0800. The molecule has 1 N–H and O–H groups in total. The smallest absolute Gasteiger partial charge is 0.120 e. The van der Waals surface area contributed by atoms with E-state index in [1.54, 1.807) is 0 Å². The number of hydrogen-bond donors (Lipinski definition) is 1. The highest BCUT2D eigenvalue weighted by molar-refractivity contribution is 5.09. The zero-order valence-electron chi connectivity index (χ0n) is 12.8. The fourth-order valence-corrected chi connectivity index (χ4v) is 3.69. The molecule has 2 aliphatic rings. The van der Waals surface area contributed by atoms with Crippen molar-refractivity contribution in [1.82, 2.24) is 0 Å². The summed E-state index contributed by atoms with van der Waals surface area (Å²) in [6.45, 7) is 3.07. The van der Waals surface area contributed by atoms with Crippen molar-refractivity contribution in [3.63, 3.8) is 0 Å². The fraction of sp³-hybridized carbons (Fsp3) is 1.00. The Morgan fingerprint density at radius 3 is 2.05 bits per heavy atom. The van der Waals surface area contributed by atoms with Crippen LogP contribution in [0.5, 0.6) is 0 Å². The van der Waals surface area contributed by atoms with E-state index in [1.165, 1.54) is 64.2 Å². The number of ether oxygens (including phenoxy) is 1. The van der Waals surface area contributed by atoms with Gasteiger partial charge in [0.1, 0.15) is 5.60 Å². The van der Waals surface area contributed by atoms with Gasteiger partial charge in [0.15, 0.2) is 0 Å². The monoisotopic (exact) mass is 268 g/mol. The number of unbranched alkanes of at least 4 members (excludes halogenated alkanes) is 6. The Labute approximate surface area is 118 Å². The van der Waals surface area contributed by atoms with Crippen LogP contribution < -0.4 is 0 Å². The minimum absolute atomic E-state index is 0.142. The summed E-state index contributed by atoms with van der Waals surface area (Å²) in [4.78, 5) is 0. The maximum absolute atomic E-state index is 10.8. The molecule has 1 unspecified atom stereocenters. The molecule has 2 nitrogen and oxygen atoms in total. The van der Waals surface area contributed by atoms with Crippen LogP contribution in [-0.4, -0.2) is 22.9 Å². The second-order valence-electron chi connectivity index (χ2n) is 6.75. The molecule has 0 aromatic rings. The van der Waals surface area contributed by atoms with Crippen LogP contribution in [0, 0.1) is 0 Å². The number of rotatable bonds is 9. The van der Waals surface area contributed by atoms with Crippen LogP contribution in [0.4, 0.5) is 0 Å². The molecule has 2 fully saturated rings. The van der Waals surface area contributed by atoms with Crippen molar-refractivity contribution in [3.8, 4) is 0 Å². The zero-order valence-corrected chi connectivity index (χ0v) is 12.8. The van der Waals surface area contributed by atoms with Gasteiger partial charge < -0.3 is 9.84 Å². The molecule has 0 amide bonds. The van der Waals surface area contributed by atoms with Gasteiger partial charge >= 0.3 is 0 Å². The Bertz CT molecular complexity index is 252. The minimum atomic E-state index is -0.493. The van der Waals surface area contributed by atoms with Gasteiger partial charge in [0.2, 0.25) is 0 Å². The lowest BCUT2D eigenvalue weighted by molar-refractivity contribution is -0.0689. The summed E-state index contributed by atoms with van der Waals surface area (Å²) >= 11 is 0. The molecule has 0 spiro atoms. The highest BCUT2D eigenvalue weighted by atomic mass is 16.6. The molecular formula is C17H32O2. The van der Waals surface area contributed by atoms with Gasteiger partial charge in [-0.3, -0.25) is 0 Å². The van der Waals surface area contributed by atoms with E-state index in [0.29, 0.717) is 0 Å². The Morgan fingerprint density at radius 2 is 1.47 bits per heavy atom. The third-order valence-electron chi connectivity index (χ3n) is 5.21. The van der Waals surface area contributed by atoms with Gasteiger partial charge in [0, 0.05) is 0 Å². The van der Waals surface area contributed by atoms with E-state index in [4.69, 9.17) is 4.74 Å². The summed E-state index contributed by atoms with van der Waals surface area (Å²) in [5, 5.41) is 10.8. The van der Waals surface area contributed by atoms with E-state index in [-0.39, 0.29) is 5.60 Å². The molecule has 1 aliphatic carbocycles. The molecule has 1 saturated carbocycles. The highest BCUT2D eigenvalue weighted by Gasteiger charge is 2.59.